The first-order chi connectivity index (χ1) is 9.81. The van der Waals surface area contributed by atoms with Gasteiger partial charge in [0.2, 0.25) is 10.0 Å². The highest BCUT2D eigenvalue weighted by atomic mass is 79.9. The van der Waals surface area contributed by atoms with Crippen molar-refractivity contribution < 1.29 is 17.9 Å². The van der Waals surface area contributed by atoms with Gasteiger partial charge in [0.25, 0.3) is 5.91 Å². The number of primary sulfonamides is 1. The molecule has 116 valence electrons. The molecule has 21 heavy (non-hydrogen) atoms. The van der Waals surface area contributed by atoms with E-state index in [0.717, 1.165) is 12.8 Å². The van der Waals surface area contributed by atoms with Gasteiger partial charge in [-0.2, -0.15) is 0 Å². The van der Waals surface area contributed by atoms with Gasteiger partial charge in [-0.15, -0.1) is 0 Å². The van der Waals surface area contributed by atoms with Gasteiger partial charge in [0.05, 0.1) is 16.6 Å². The number of benzene rings is 1. The second kappa shape index (κ2) is 6.43. The number of nitrogens with one attached hydrogen (secondary N) is 1. The zero-order chi connectivity index (χ0) is 15.6. The van der Waals surface area contributed by atoms with Crippen LogP contribution in [0.5, 0.6) is 0 Å². The predicted octanol–water partition coefficient (Wildman–Crippen LogP) is 1.39. The number of carbonyl (C=O) groups excluding carboxylic acids is 1. The van der Waals surface area contributed by atoms with Gasteiger partial charge in [0, 0.05) is 17.1 Å². The standard InChI is InChI=1S/C13H17BrN2O4S/c1-2-20-9-5-8(6-9)16-13(17)11-7-10(21(15,18)19)3-4-12(11)14/h3-4,7-9H,2,5-6H2,1H3,(H,16,17)(H2,15,18,19). The average Bonchev–Trinajstić information content (AvgIpc) is 2.35. The molecule has 1 aromatic rings. The highest BCUT2D eigenvalue weighted by molar-refractivity contribution is 9.10. The maximum absolute atomic E-state index is 12.2. The van der Waals surface area contributed by atoms with Crippen molar-refractivity contribution in [3.8, 4) is 0 Å². The van der Waals surface area contributed by atoms with Gasteiger partial charge < -0.3 is 10.1 Å². The van der Waals surface area contributed by atoms with E-state index >= 15 is 0 Å². The Bertz CT molecular complexity index is 642. The Morgan fingerprint density at radius 2 is 2.14 bits per heavy atom. The van der Waals surface area contributed by atoms with Gasteiger partial charge in [-0.25, -0.2) is 13.6 Å². The molecule has 0 spiro atoms. The van der Waals surface area contributed by atoms with Crippen molar-refractivity contribution >= 4 is 31.9 Å². The van der Waals surface area contributed by atoms with E-state index < -0.39 is 10.0 Å². The average molecular weight is 377 g/mol. The fourth-order valence-electron chi connectivity index (χ4n) is 2.17. The fourth-order valence-corrected chi connectivity index (χ4v) is 3.14. The van der Waals surface area contributed by atoms with Crippen LogP contribution < -0.4 is 10.5 Å². The molecule has 0 aliphatic heterocycles. The molecule has 0 atom stereocenters. The van der Waals surface area contributed by atoms with E-state index in [9.17, 15) is 13.2 Å². The van der Waals surface area contributed by atoms with Crippen LogP contribution in [0.2, 0.25) is 0 Å². The van der Waals surface area contributed by atoms with Crippen LogP contribution in [0.3, 0.4) is 0 Å². The summed E-state index contributed by atoms with van der Waals surface area (Å²) in [7, 11) is -3.83. The summed E-state index contributed by atoms with van der Waals surface area (Å²) in [5.41, 5.74) is 0.251. The van der Waals surface area contributed by atoms with E-state index in [-0.39, 0.29) is 28.5 Å². The van der Waals surface area contributed by atoms with E-state index in [4.69, 9.17) is 9.88 Å². The second-order valence-corrected chi connectivity index (χ2v) is 7.32. The van der Waals surface area contributed by atoms with Crippen LogP contribution >= 0.6 is 15.9 Å². The van der Waals surface area contributed by atoms with Gasteiger partial charge in [0.15, 0.2) is 0 Å². The molecular formula is C13H17BrN2O4S. The topological polar surface area (TPSA) is 98.5 Å². The first kappa shape index (κ1) is 16.4. The van der Waals surface area contributed by atoms with Crippen LogP contribution in [0, 0.1) is 0 Å². The molecule has 0 aromatic heterocycles. The monoisotopic (exact) mass is 376 g/mol. The lowest BCUT2D eigenvalue weighted by Crippen LogP contribution is -2.47. The molecule has 3 N–H and O–H groups in total. The summed E-state index contributed by atoms with van der Waals surface area (Å²) in [6, 6.07) is 4.18. The second-order valence-electron chi connectivity index (χ2n) is 4.91. The minimum atomic E-state index is -3.83. The van der Waals surface area contributed by atoms with Crippen molar-refractivity contribution in [3.63, 3.8) is 0 Å². The Kier molecular flexibility index (Phi) is 5.03. The molecule has 1 amide bonds. The minimum absolute atomic E-state index is 0.0547. The van der Waals surface area contributed by atoms with Crippen molar-refractivity contribution in [2.75, 3.05) is 6.61 Å². The minimum Gasteiger partial charge on any atom is -0.378 e. The molecule has 6 nitrogen and oxygen atoms in total. The van der Waals surface area contributed by atoms with Crippen molar-refractivity contribution in [3.05, 3.63) is 28.2 Å². The lowest BCUT2D eigenvalue weighted by molar-refractivity contribution is -0.00863. The first-order valence-electron chi connectivity index (χ1n) is 6.56. The van der Waals surface area contributed by atoms with Crippen LogP contribution in [0.25, 0.3) is 0 Å². The molecule has 8 heteroatoms. The van der Waals surface area contributed by atoms with E-state index in [1.807, 2.05) is 6.92 Å². The fraction of sp³-hybridized carbons (Fsp3) is 0.462. The van der Waals surface area contributed by atoms with E-state index in [0.29, 0.717) is 11.1 Å². The van der Waals surface area contributed by atoms with Crippen molar-refractivity contribution in [1.82, 2.24) is 5.32 Å². The van der Waals surface area contributed by atoms with Crippen molar-refractivity contribution in [2.45, 2.75) is 36.8 Å². The maximum Gasteiger partial charge on any atom is 0.252 e. The van der Waals surface area contributed by atoms with Gasteiger partial charge in [0.1, 0.15) is 0 Å². The van der Waals surface area contributed by atoms with Crippen LogP contribution in [-0.4, -0.2) is 33.1 Å². The Morgan fingerprint density at radius 1 is 1.48 bits per heavy atom. The predicted molar refractivity (Wildman–Crippen MR) is 81.4 cm³/mol. The highest BCUT2D eigenvalue weighted by Crippen LogP contribution is 2.25. The summed E-state index contributed by atoms with van der Waals surface area (Å²) in [5.74, 6) is -0.327. The Labute approximate surface area is 132 Å². The molecule has 1 saturated carbocycles. The summed E-state index contributed by atoms with van der Waals surface area (Å²) in [4.78, 5) is 12.1. The maximum atomic E-state index is 12.2. The number of carbonyl (C=O) groups is 1. The van der Waals surface area contributed by atoms with Crippen molar-refractivity contribution in [1.29, 1.82) is 0 Å². The molecule has 1 aromatic carbocycles. The van der Waals surface area contributed by atoms with Crippen LogP contribution in [0.4, 0.5) is 0 Å². The summed E-state index contributed by atoms with van der Waals surface area (Å²) in [6.45, 7) is 2.59. The number of rotatable bonds is 5. The molecule has 0 bridgehead atoms. The van der Waals surface area contributed by atoms with Crippen LogP contribution in [-0.2, 0) is 14.8 Å². The number of nitrogens with two attached hydrogens (primary N) is 1. The quantitative estimate of drug-likeness (QED) is 0.810. The van der Waals surface area contributed by atoms with Gasteiger partial charge in [-0.05, 0) is 53.9 Å². The Balaban J connectivity index is 2.06. The summed E-state index contributed by atoms with van der Waals surface area (Å²) >= 11 is 3.24. The van der Waals surface area contributed by atoms with Crippen molar-refractivity contribution in [2.24, 2.45) is 5.14 Å². The zero-order valence-electron chi connectivity index (χ0n) is 11.5. The third-order valence-electron chi connectivity index (χ3n) is 3.34. The van der Waals surface area contributed by atoms with Gasteiger partial charge in [-0.1, -0.05) is 0 Å². The number of halogens is 1. The molecule has 0 saturated heterocycles. The largest absolute Gasteiger partial charge is 0.378 e. The first-order valence-corrected chi connectivity index (χ1v) is 8.90. The molecule has 0 radical (unpaired) electrons. The lowest BCUT2D eigenvalue weighted by atomic mass is 9.89. The summed E-state index contributed by atoms with van der Waals surface area (Å²) < 4.78 is 28.6. The molecule has 1 aliphatic rings. The van der Waals surface area contributed by atoms with Gasteiger partial charge >= 0.3 is 0 Å². The van der Waals surface area contributed by atoms with E-state index in [1.165, 1.54) is 18.2 Å². The number of sulfonamides is 1. The normalized spacial score (nSPS) is 21.7. The molecule has 1 aliphatic carbocycles. The van der Waals surface area contributed by atoms with Crippen LogP contribution in [0.1, 0.15) is 30.1 Å². The Morgan fingerprint density at radius 3 is 2.71 bits per heavy atom. The Hall–Kier alpha value is -0.960. The highest BCUT2D eigenvalue weighted by Gasteiger charge is 2.31. The third-order valence-corrected chi connectivity index (χ3v) is 4.95. The lowest BCUT2D eigenvalue weighted by Gasteiger charge is -2.35. The van der Waals surface area contributed by atoms with Crippen LogP contribution in [0.15, 0.2) is 27.6 Å². The SMILES string of the molecule is CCOC1CC(NC(=O)c2cc(S(N)(=O)=O)ccc2Br)C1. The van der Waals surface area contributed by atoms with Gasteiger partial charge in [-0.3, -0.25) is 4.79 Å². The zero-order valence-corrected chi connectivity index (χ0v) is 13.9. The smallest absolute Gasteiger partial charge is 0.252 e. The molecule has 0 unspecified atom stereocenters. The molecule has 2 rings (SSSR count). The number of hydrogen-bond acceptors (Lipinski definition) is 4. The summed E-state index contributed by atoms with van der Waals surface area (Å²) in [6.07, 6.45) is 1.73. The molecular weight excluding hydrogens is 360 g/mol. The summed E-state index contributed by atoms with van der Waals surface area (Å²) in [5, 5.41) is 7.93. The number of hydrogen-bond donors (Lipinski definition) is 2. The number of amides is 1. The molecule has 1 fully saturated rings. The third kappa shape index (κ3) is 4.03. The van der Waals surface area contributed by atoms with E-state index in [2.05, 4.69) is 21.2 Å². The molecule has 0 heterocycles. The number of ether oxygens (including phenoxy) is 1. The van der Waals surface area contributed by atoms with E-state index in [1.54, 1.807) is 0 Å².